The second-order valence-corrected chi connectivity index (χ2v) is 24.4. The van der Waals surface area contributed by atoms with Crippen LogP contribution >= 0.6 is 0 Å². The van der Waals surface area contributed by atoms with Crippen LogP contribution in [0.4, 0.5) is 0 Å². The van der Waals surface area contributed by atoms with E-state index in [0.717, 1.165) is 10.8 Å². The maximum absolute atomic E-state index is 15.1. The third-order valence-electron chi connectivity index (χ3n) is 16.6. The van der Waals surface area contributed by atoms with Gasteiger partial charge in [-0.15, -0.1) is 0 Å². The molecule has 510 valence electrons. The van der Waals surface area contributed by atoms with Gasteiger partial charge >= 0.3 is 0 Å². The summed E-state index contributed by atoms with van der Waals surface area (Å²) in [6, 6.07) is 12.8. The van der Waals surface area contributed by atoms with Crippen molar-refractivity contribution in [2.24, 2.45) is 38.1 Å². The molecule has 3 aliphatic rings. The molecule has 2 fully saturated rings. The van der Waals surface area contributed by atoms with Gasteiger partial charge in [-0.1, -0.05) is 86.6 Å². The van der Waals surface area contributed by atoms with E-state index < -0.39 is 133 Å². The topological polar surface area (TPSA) is 471 Å². The average Bonchev–Trinajstić information content (AvgIpc) is 1.91. The van der Waals surface area contributed by atoms with Crippen LogP contribution in [-0.4, -0.2) is 190 Å². The first kappa shape index (κ1) is 71.1. The molecule has 1 unspecified atom stereocenters. The number of phenols is 1. The lowest BCUT2D eigenvalue weighted by Crippen LogP contribution is -2.61. The second kappa shape index (κ2) is 33.9. The zero-order chi connectivity index (χ0) is 69.0. The van der Waals surface area contributed by atoms with Crippen LogP contribution in [-0.2, 0) is 72.0 Å². The number of aromatic nitrogens is 1. The Bertz CT molecular complexity index is 3750. The number of likely N-dealkylation sites (tertiary alicyclic amines) is 1. The Hall–Kier alpha value is -10.8. The Morgan fingerprint density at radius 2 is 1.28 bits per heavy atom. The maximum Gasteiger partial charge on any atom is 0.245 e. The smallest absolute Gasteiger partial charge is 0.245 e. The number of aliphatic imine (C=N–C) groups is 3. The van der Waals surface area contributed by atoms with Gasteiger partial charge in [0.05, 0.1) is 19.2 Å². The molecule has 10 atom stereocenters. The number of carbonyl (C=O) groups excluding carboxylic acids is 11. The number of benzene rings is 4. The Morgan fingerprint density at radius 1 is 0.677 bits per heavy atom. The van der Waals surface area contributed by atoms with Crippen LogP contribution in [0, 0.1) is 5.92 Å². The van der Waals surface area contributed by atoms with E-state index in [1.165, 1.54) is 41.7 Å². The number of carbonyl (C=O) groups is 11. The van der Waals surface area contributed by atoms with E-state index in [2.05, 4.69) is 67.8 Å². The van der Waals surface area contributed by atoms with Gasteiger partial charge in [0.25, 0.3) is 0 Å². The quantitative estimate of drug-likeness (QED) is 0.0126. The summed E-state index contributed by atoms with van der Waals surface area (Å²) in [7, 11) is 0. The van der Waals surface area contributed by atoms with Gasteiger partial charge in [-0.05, 0) is 90.1 Å². The van der Waals surface area contributed by atoms with Crippen molar-refractivity contribution < 1.29 is 63.0 Å². The Kier molecular flexibility index (Phi) is 25.1. The molecule has 0 radical (unpaired) electrons. The predicted octanol–water partition coefficient (Wildman–Crippen LogP) is -1.72. The summed E-state index contributed by atoms with van der Waals surface area (Å²) >= 11 is 0. The van der Waals surface area contributed by atoms with Crippen molar-refractivity contribution in [1.29, 1.82) is 0 Å². The minimum Gasteiger partial charge on any atom is -0.508 e. The normalized spacial score (nSPS) is 17.8. The van der Waals surface area contributed by atoms with Gasteiger partial charge < -0.3 is 85.1 Å². The number of nitrogens with two attached hydrogens (primary N) is 3. The van der Waals surface area contributed by atoms with E-state index in [1.807, 2.05) is 36.4 Å². The number of primary amides is 1. The molecule has 11 amide bonds. The number of H-pyrrole nitrogens is 1. The van der Waals surface area contributed by atoms with Crippen LogP contribution in [0.3, 0.4) is 0 Å². The van der Waals surface area contributed by atoms with E-state index in [9.17, 15) is 53.4 Å². The molecule has 5 aromatic rings. The van der Waals surface area contributed by atoms with Gasteiger partial charge in [0.1, 0.15) is 66.5 Å². The number of aromatic amines is 1. The fourth-order valence-corrected chi connectivity index (χ4v) is 11.7. The first-order chi connectivity index (χ1) is 46.0. The highest BCUT2D eigenvalue weighted by Crippen LogP contribution is 2.23. The number of hydrogen-bond donors (Lipinski definition) is 15. The van der Waals surface area contributed by atoms with Crippen molar-refractivity contribution in [2.75, 3.05) is 26.2 Å². The number of guanidine groups is 1. The summed E-state index contributed by atoms with van der Waals surface area (Å²) in [6.07, 6.45) is 4.85. The summed E-state index contributed by atoms with van der Waals surface area (Å²) in [6.45, 7) is 2.33. The van der Waals surface area contributed by atoms with Crippen LogP contribution in [0.25, 0.3) is 21.7 Å². The molecule has 96 heavy (non-hydrogen) atoms. The van der Waals surface area contributed by atoms with Crippen molar-refractivity contribution in [3.05, 3.63) is 114 Å². The molecule has 4 aromatic carbocycles. The molecule has 4 heterocycles. The van der Waals surface area contributed by atoms with Gasteiger partial charge in [-0.2, -0.15) is 0 Å². The Morgan fingerprint density at radius 3 is 1.93 bits per heavy atom. The SMILES string of the molecule is CC(C)C[C@H](NC(=O)[C@@H](Cc1ccc2ccccc2c1)NC(=O)[C@H](Cc1ccc(O)cc1)NC(=O)[C@H](CO)NC(=O)[C@H](Cc1c[nH]c2ccccc12)NC(=O)[C@H](CC1C=NC=N1)NC(=O)[C@@H]1CCC(=O)N1)C(=O)N[C@@H](CCCN=C(N)N)C(=O)N1CCC[C@H]1C(=O)NCC(N)=O. The molecular formula is C66H83N17O13. The minimum absolute atomic E-state index is 0.00791. The van der Waals surface area contributed by atoms with Crippen LogP contribution in [0.15, 0.2) is 112 Å². The molecule has 2 saturated heterocycles. The van der Waals surface area contributed by atoms with E-state index in [0.29, 0.717) is 34.0 Å². The standard InChI is InChI=1S/C66H83N17O13/c1-36(2)25-48(58(89)76-47(13-7-23-71-66(68)69)65(96)83-24-8-14-54(83)64(95)73-33-55(67)86)77-60(91)50(28-38-15-18-39-9-3-4-10-40(39)26-38)78-59(90)49(27-37-16-19-43(85)20-17-37)79-63(94)53(34-84)82-61(92)51(29-41-31-72-45-12-6-5-11-44(41)45)80-62(93)52(30-42-32-70-35-74-42)81-57(88)46-21-22-56(87)75-46/h3-6,9-12,15-20,26,31-32,35-36,42,46-54,72,84-85H,7-8,13-14,21-25,27-30,33-34H2,1-2H3,(H2,67,86)(H,73,95)(H,75,87)(H,76,89)(H,77,91)(H,78,90)(H,79,94)(H,80,93)(H,81,88)(H,82,92)(H4,68,69,71)/t42?,46-,47-,48-,49-,50+,51-,52-,53-,54-/m0/s1. The van der Waals surface area contributed by atoms with E-state index in [4.69, 9.17) is 17.2 Å². The van der Waals surface area contributed by atoms with Crippen LogP contribution in [0.2, 0.25) is 0 Å². The lowest BCUT2D eigenvalue weighted by Gasteiger charge is -2.30. The average molecular weight is 1320 g/mol. The molecule has 1 aromatic heterocycles. The van der Waals surface area contributed by atoms with Crippen LogP contribution in [0.1, 0.15) is 81.9 Å². The van der Waals surface area contributed by atoms with Gasteiger partial charge in [0.2, 0.25) is 65.0 Å². The molecule has 3 aliphatic heterocycles. The molecule has 0 saturated carbocycles. The van der Waals surface area contributed by atoms with E-state index in [1.54, 1.807) is 50.4 Å². The molecule has 0 spiro atoms. The third-order valence-corrected chi connectivity index (χ3v) is 16.6. The van der Waals surface area contributed by atoms with Gasteiger partial charge in [-0.25, -0.2) is 4.99 Å². The molecule has 30 nitrogen and oxygen atoms in total. The zero-order valence-electron chi connectivity index (χ0n) is 53.3. The number of phenolic OH excluding ortho intramolecular Hbond substituents is 1. The molecule has 30 heteroatoms. The number of para-hydroxylation sites is 1. The largest absolute Gasteiger partial charge is 0.508 e. The predicted molar refractivity (Wildman–Crippen MR) is 355 cm³/mol. The summed E-state index contributed by atoms with van der Waals surface area (Å²) in [5.41, 5.74) is 18.7. The number of nitrogens with zero attached hydrogens (tertiary/aromatic N) is 4. The lowest BCUT2D eigenvalue weighted by atomic mass is 9.98. The number of nitrogens with one attached hydrogen (secondary N) is 10. The summed E-state index contributed by atoms with van der Waals surface area (Å²) in [4.78, 5) is 170. The third kappa shape index (κ3) is 20.1. The van der Waals surface area contributed by atoms with Gasteiger partial charge in [0.15, 0.2) is 5.96 Å². The van der Waals surface area contributed by atoms with E-state index >= 15 is 9.59 Å². The molecule has 0 aliphatic carbocycles. The fraction of sp³-hybridized carbons (Fsp3) is 0.424. The number of aromatic hydroxyl groups is 1. The summed E-state index contributed by atoms with van der Waals surface area (Å²) < 4.78 is 0. The highest BCUT2D eigenvalue weighted by molar-refractivity contribution is 6.00. The first-order valence-corrected chi connectivity index (χ1v) is 31.8. The number of hydrogen-bond acceptors (Lipinski definition) is 16. The van der Waals surface area contributed by atoms with Gasteiger partial charge in [-0.3, -0.25) is 62.7 Å². The molecule has 0 bridgehead atoms. The Balaban J connectivity index is 1.05. The summed E-state index contributed by atoms with van der Waals surface area (Å²) in [5.74, 6) is -9.02. The van der Waals surface area contributed by atoms with Crippen molar-refractivity contribution in [1.82, 2.24) is 57.7 Å². The monoisotopic (exact) mass is 1320 g/mol. The summed E-state index contributed by atoms with van der Waals surface area (Å²) in [5, 5.41) is 47.5. The van der Waals surface area contributed by atoms with Crippen molar-refractivity contribution >= 4 is 105 Å². The molecule has 8 rings (SSSR count). The van der Waals surface area contributed by atoms with Crippen molar-refractivity contribution in [3.63, 3.8) is 0 Å². The van der Waals surface area contributed by atoms with Crippen molar-refractivity contribution in [3.8, 4) is 5.75 Å². The highest BCUT2D eigenvalue weighted by atomic mass is 16.3. The second-order valence-electron chi connectivity index (χ2n) is 24.4. The zero-order valence-corrected chi connectivity index (χ0v) is 53.3. The number of aliphatic hydroxyl groups excluding tert-OH is 1. The highest BCUT2D eigenvalue weighted by Gasteiger charge is 2.40. The number of amides is 11. The number of rotatable bonds is 33. The Labute approximate surface area is 552 Å². The molecule has 18 N–H and O–H groups in total. The number of aliphatic hydroxyl groups is 1. The maximum atomic E-state index is 15.1. The number of fused-ring (bicyclic) bond motifs is 2. The van der Waals surface area contributed by atoms with Crippen molar-refractivity contribution in [2.45, 2.75) is 145 Å². The fourth-order valence-electron chi connectivity index (χ4n) is 11.7. The van der Waals surface area contributed by atoms with Gasteiger partial charge in [0, 0.05) is 68.5 Å². The van der Waals surface area contributed by atoms with Crippen LogP contribution < -0.4 is 65.1 Å². The van der Waals surface area contributed by atoms with Crippen LogP contribution in [0.5, 0.6) is 5.75 Å². The lowest BCUT2D eigenvalue weighted by molar-refractivity contribution is -0.142. The van der Waals surface area contributed by atoms with E-state index in [-0.39, 0.29) is 101 Å². The molecular weight excluding hydrogens is 1240 g/mol. The minimum atomic E-state index is -1.80. The first-order valence-electron chi connectivity index (χ1n) is 31.8.